The minimum absolute atomic E-state index is 0.322. The average Bonchev–Trinajstić information content (AvgIpc) is 2.42. The van der Waals surface area contributed by atoms with Gasteiger partial charge in [-0.1, -0.05) is 18.5 Å². The van der Waals surface area contributed by atoms with Gasteiger partial charge in [0.1, 0.15) is 6.61 Å². The molecule has 0 heterocycles. The van der Waals surface area contributed by atoms with Gasteiger partial charge in [0.05, 0.1) is 6.26 Å². The van der Waals surface area contributed by atoms with Crippen LogP contribution in [-0.4, -0.2) is 39.3 Å². The van der Waals surface area contributed by atoms with E-state index in [4.69, 9.17) is 20.5 Å². The van der Waals surface area contributed by atoms with Gasteiger partial charge < -0.3 is 4.74 Å². The Hall–Kier alpha value is -0.950. The lowest BCUT2D eigenvalue weighted by molar-refractivity contribution is -0.0372. The Labute approximate surface area is 130 Å². The third-order valence-corrected chi connectivity index (χ3v) is 3.56. The largest absolute Gasteiger partial charge is 0.365 e. The molecule has 1 rings (SSSR count). The lowest BCUT2D eigenvalue weighted by Crippen LogP contribution is -2.44. The summed E-state index contributed by atoms with van der Waals surface area (Å²) in [6.07, 6.45) is 1.63. The van der Waals surface area contributed by atoms with Crippen LogP contribution in [0.15, 0.2) is 24.3 Å². The molecule has 0 amide bonds. The SMILES string of the molecule is CCCOC(C)(COS(C)(=O)=O)C(=O)c1ccc(Cl)cc1. The summed E-state index contributed by atoms with van der Waals surface area (Å²) in [5.74, 6) is -0.351. The van der Waals surface area contributed by atoms with E-state index >= 15 is 0 Å². The molecule has 5 nitrogen and oxygen atoms in total. The summed E-state index contributed by atoms with van der Waals surface area (Å²) in [6, 6.07) is 6.32. The van der Waals surface area contributed by atoms with Crippen LogP contribution in [0.25, 0.3) is 0 Å². The number of halogens is 1. The predicted molar refractivity (Wildman–Crippen MR) is 81.2 cm³/mol. The van der Waals surface area contributed by atoms with Crippen molar-refractivity contribution in [3.05, 3.63) is 34.9 Å². The van der Waals surface area contributed by atoms with Crippen LogP contribution in [0.2, 0.25) is 5.02 Å². The molecule has 0 N–H and O–H groups in total. The van der Waals surface area contributed by atoms with Crippen LogP contribution in [0.1, 0.15) is 30.6 Å². The number of hydrogen-bond acceptors (Lipinski definition) is 5. The number of ketones is 1. The fourth-order valence-electron chi connectivity index (χ4n) is 1.63. The molecule has 0 aromatic heterocycles. The van der Waals surface area contributed by atoms with Crippen molar-refractivity contribution in [3.63, 3.8) is 0 Å². The zero-order valence-electron chi connectivity index (χ0n) is 12.3. The highest BCUT2D eigenvalue weighted by Crippen LogP contribution is 2.21. The molecule has 1 atom stereocenters. The van der Waals surface area contributed by atoms with Crippen LogP contribution < -0.4 is 0 Å². The Morgan fingerprint density at radius 2 is 1.86 bits per heavy atom. The molecule has 0 saturated carbocycles. The molecule has 0 aliphatic carbocycles. The van der Waals surface area contributed by atoms with Crippen LogP contribution in [0.4, 0.5) is 0 Å². The van der Waals surface area contributed by atoms with Crippen molar-refractivity contribution in [2.75, 3.05) is 19.5 Å². The fourth-order valence-corrected chi connectivity index (χ4v) is 2.19. The van der Waals surface area contributed by atoms with Gasteiger partial charge in [0.2, 0.25) is 0 Å². The Bertz CT molecular complexity index is 582. The highest BCUT2D eigenvalue weighted by Gasteiger charge is 2.36. The van der Waals surface area contributed by atoms with Gasteiger partial charge in [-0.3, -0.25) is 8.98 Å². The lowest BCUT2D eigenvalue weighted by atomic mass is 9.95. The molecule has 1 aromatic rings. The van der Waals surface area contributed by atoms with Crippen LogP contribution in [0.5, 0.6) is 0 Å². The molecule has 1 unspecified atom stereocenters. The lowest BCUT2D eigenvalue weighted by Gasteiger charge is -2.27. The Morgan fingerprint density at radius 3 is 2.33 bits per heavy atom. The van der Waals surface area contributed by atoms with E-state index in [1.165, 1.54) is 6.92 Å². The zero-order valence-corrected chi connectivity index (χ0v) is 13.8. The van der Waals surface area contributed by atoms with Crippen molar-refractivity contribution in [2.24, 2.45) is 0 Å². The van der Waals surface area contributed by atoms with Crippen LogP contribution in [0, 0.1) is 0 Å². The molecule has 1 aromatic carbocycles. The van der Waals surface area contributed by atoms with Gasteiger partial charge in [-0.15, -0.1) is 0 Å². The first kappa shape index (κ1) is 18.1. The smallest absolute Gasteiger partial charge is 0.264 e. The van der Waals surface area contributed by atoms with E-state index in [0.717, 1.165) is 6.26 Å². The standard InChI is InChI=1S/C14H19ClO5S/c1-4-9-19-14(2,10-20-21(3,17)18)13(16)11-5-7-12(15)8-6-11/h5-8H,4,9-10H2,1-3H3. The van der Waals surface area contributed by atoms with E-state index in [2.05, 4.69) is 0 Å². The van der Waals surface area contributed by atoms with Gasteiger partial charge in [0.25, 0.3) is 10.1 Å². The maximum Gasteiger partial charge on any atom is 0.264 e. The summed E-state index contributed by atoms with van der Waals surface area (Å²) < 4.78 is 32.6. The predicted octanol–water partition coefficient (Wildman–Crippen LogP) is 2.68. The van der Waals surface area contributed by atoms with E-state index in [9.17, 15) is 13.2 Å². The van der Waals surface area contributed by atoms with Crippen LogP contribution >= 0.6 is 11.6 Å². The Kier molecular flexibility index (Phi) is 6.34. The molecule has 21 heavy (non-hydrogen) atoms. The number of benzene rings is 1. The molecule has 0 radical (unpaired) electrons. The van der Waals surface area contributed by atoms with Gasteiger partial charge in [-0.25, -0.2) is 0 Å². The first-order valence-corrected chi connectivity index (χ1v) is 8.66. The van der Waals surface area contributed by atoms with E-state index < -0.39 is 15.7 Å². The van der Waals surface area contributed by atoms with Crippen LogP contribution in [0.3, 0.4) is 0 Å². The maximum atomic E-state index is 12.6. The van der Waals surface area contributed by atoms with Gasteiger partial charge >= 0.3 is 0 Å². The van der Waals surface area contributed by atoms with E-state index in [0.29, 0.717) is 23.6 Å². The van der Waals surface area contributed by atoms with Crippen molar-refractivity contribution < 1.29 is 22.1 Å². The summed E-state index contributed by atoms with van der Waals surface area (Å²) in [6.45, 7) is 3.37. The highest BCUT2D eigenvalue weighted by molar-refractivity contribution is 7.85. The molecule has 0 spiro atoms. The van der Waals surface area contributed by atoms with Crippen LogP contribution in [-0.2, 0) is 19.0 Å². The zero-order chi connectivity index (χ0) is 16.1. The van der Waals surface area contributed by atoms with Crippen molar-refractivity contribution in [2.45, 2.75) is 25.9 Å². The molecule has 0 fully saturated rings. The molecular formula is C14H19ClO5S. The van der Waals surface area contributed by atoms with E-state index in [1.54, 1.807) is 24.3 Å². The summed E-state index contributed by atoms with van der Waals surface area (Å²) in [4.78, 5) is 12.6. The Morgan fingerprint density at radius 1 is 1.29 bits per heavy atom. The van der Waals surface area contributed by atoms with Gasteiger partial charge in [-0.2, -0.15) is 8.42 Å². The van der Waals surface area contributed by atoms with Gasteiger partial charge in [-0.05, 0) is 37.6 Å². The quantitative estimate of drug-likeness (QED) is 0.540. The minimum atomic E-state index is -3.66. The second-order valence-electron chi connectivity index (χ2n) is 4.88. The molecule has 118 valence electrons. The topological polar surface area (TPSA) is 69.7 Å². The maximum absolute atomic E-state index is 12.6. The van der Waals surface area contributed by atoms with Crippen molar-refractivity contribution in [1.29, 1.82) is 0 Å². The molecule has 0 aliphatic rings. The number of Topliss-reactive ketones (excluding diaryl/α,β-unsaturated/α-hetero) is 1. The summed E-state index contributed by atoms with van der Waals surface area (Å²) in [5.41, 5.74) is -0.984. The monoisotopic (exact) mass is 334 g/mol. The van der Waals surface area contributed by atoms with Crippen molar-refractivity contribution in [1.82, 2.24) is 0 Å². The summed E-state index contributed by atoms with van der Waals surface area (Å²) >= 11 is 5.79. The van der Waals surface area contributed by atoms with Crippen molar-refractivity contribution in [3.8, 4) is 0 Å². The molecular weight excluding hydrogens is 316 g/mol. The minimum Gasteiger partial charge on any atom is -0.365 e. The number of ether oxygens (including phenoxy) is 1. The third kappa shape index (κ3) is 5.74. The number of rotatable bonds is 8. The first-order chi connectivity index (χ1) is 9.68. The third-order valence-electron chi connectivity index (χ3n) is 2.76. The molecule has 0 aliphatic heterocycles. The second-order valence-corrected chi connectivity index (χ2v) is 6.96. The molecule has 0 saturated heterocycles. The number of carbonyl (C=O) groups excluding carboxylic acids is 1. The normalized spacial score (nSPS) is 14.7. The molecule has 7 heteroatoms. The van der Waals surface area contributed by atoms with Crippen molar-refractivity contribution >= 4 is 27.5 Å². The van der Waals surface area contributed by atoms with E-state index in [1.807, 2.05) is 6.92 Å². The number of carbonyl (C=O) groups is 1. The van der Waals surface area contributed by atoms with Gasteiger partial charge in [0.15, 0.2) is 11.4 Å². The summed E-state index contributed by atoms with van der Waals surface area (Å²) in [7, 11) is -3.66. The average molecular weight is 335 g/mol. The van der Waals surface area contributed by atoms with E-state index in [-0.39, 0.29) is 12.4 Å². The molecule has 0 bridgehead atoms. The Balaban J connectivity index is 2.99. The second kappa shape index (κ2) is 7.35. The highest BCUT2D eigenvalue weighted by atomic mass is 35.5. The number of hydrogen-bond donors (Lipinski definition) is 0. The first-order valence-electron chi connectivity index (χ1n) is 6.46. The summed E-state index contributed by atoms with van der Waals surface area (Å²) in [5, 5.41) is 0.509. The van der Waals surface area contributed by atoms with Gasteiger partial charge in [0, 0.05) is 17.2 Å². The fraction of sp³-hybridized carbons (Fsp3) is 0.500.